The third kappa shape index (κ3) is 4.89. The van der Waals surface area contributed by atoms with Crippen molar-refractivity contribution >= 4 is 6.03 Å². The van der Waals surface area contributed by atoms with E-state index < -0.39 is 0 Å². The molecule has 1 unspecified atom stereocenters. The van der Waals surface area contributed by atoms with Crippen LogP contribution in [0.2, 0.25) is 0 Å². The predicted octanol–water partition coefficient (Wildman–Crippen LogP) is 4.04. The highest BCUT2D eigenvalue weighted by atomic mass is 16.5. The van der Waals surface area contributed by atoms with Crippen LogP contribution in [0, 0.1) is 19.8 Å². The van der Waals surface area contributed by atoms with Crippen molar-refractivity contribution < 1.29 is 9.53 Å². The number of aromatic nitrogens is 3. The highest BCUT2D eigenvalue weighted by Crippen LogP contribution is 2.33. The van der Waals surface area contributed by atoms with E-state index in [1.54, 1.807) is 6.20 Å². The number of aromatic amines is 1. The van der Waals surface area contributed by atoms with Gasteiger partial charge in [-0.25, -0.2) is 9.78 Å². The molecular formula is C22H31N5O2. The predicted molar refractivity (Wildman–Crippen MR) is 111 cm³/mol. The van der Waals surface area contributed by atoms with Gasteiger partial charge in [-0.05, 0) is 57.1 Å². The number of urea groups is 1. The molecule has 29 heavy (non-hydrogen) atoms. The van der Waals surface area contributed by atoms with Crippen molar-refractivity contribution in [3.05, 3.63) is 40.8 Å². The average Bonchev–Trinajstić information content (AvgIpc) is 3.53. The zero-order valence-electron chi connectivity index (χ0n) is 17.4. The number of likely N-dealkylation sites (tertiary alicyclic amines) is 1. The van der Waals surface area contributed by atoms with Crippen molar-refractivity contribution in [2.45, 2.75) is 65.0 Å². The Morgan fingerprint density at radius 3 is 2.90 bits per heavy atom. The van der Waals surface area contributed by atoms with E-state index in [1.807, 2.05) is 30.9 Å². The van der Waals surface area contributed by atoms with E-state index in [1.165, 1.54) is 18.4 Å². The Kier molecular flexibility index (Phi) is 6.02. The molecule has 1 aliphatic heterocycles. The van der Waals surface area contributed by atoms with Gasteiger partial charge in [-0.2, -0.15) is 5.10 Å². The Hall–Kier alpha value is -2.57. The number of ether oxygens (including phenoxy) is 1. The number of pyridine rings is 1. The lowest BCUT2D eigenvalue weighted by atomic mass is 9.99. The lowest BCUT2D eigenvalue weighted by Crippen LogP contribution is -2.42. The molecule has 3 heterocycles. The second-order valence-corrected chi connectivity index (χ2v) is 8.32. The van der Waals surface area contributed by atoms with E-state index in [0.29, 0.717) is 18.3 Å². The normalized spacial score (nSPS) is 19.7. The second kappa shape index (κ2) is 8.84. The maximum atomic E-state index is 13.1. The highest BCUT2D eigenvalue weighted by molar-refractivity contribution is 5.75. The number of carbonyl (C=O) groups is 1. The van der Waals surface area contributed by atoms with Gasteiger partial charge in [-0.1, -0.05) is 12.8 Å². The first kappa shape index (κ1) is 19.7. The summed E-state index contributed by atoms with van der Waals surface area (Å²) in [5, 5.41) is 10.5. The zero-order chi connectivity index (χ0) is 20.2. The summed E-state index contributed by atoms with van der Waals surface area (Å²) in [6.45, 7) is 6.03. The van der Waals surface area contributed by atoms with Crippen LogP contribution >= 0.6 is 0 Å². The summed E-state index contributed by atoms with van der Waals surface area (Å²) in [6.07, 6.45) is 8.55. The summed E-state index contributed by atoms with van der Waals surface area (Å²) in [4.78, 5) is 19.4. The smallest absolute Gasteiger partial charge is 0.318 e. The SMILES string of the molecule is Cc1n[nH]c(C)c1C1CCCCCN1C(=O)NCc1ccnc(OCC2CC2)c1. The van der Waals surface area contributed by atoms with Crippen LogP contribution in [-0.2, 0) is 6.54 Å². The molecule has 4 rings (SSSR count). The van der Waals surface area contributed by atoms with Crippen LogP contribution in [0.25, 0.3) is 0 Å². The van der Waals surface area contributed by atoms with E-state index in [9.17, 15) is 4.79 Å². The monoisotopic (exact) mass is 397 g/mol. The van der Waals surface area contributed by atoms with Gasteiger partial charge in [0.2, 0.25) is 5.88 Å². The Balaban J connectivity index is 1.41. The molecule has 7 nitrogen and oxygen atoms in total. The molecule has 2 aliphatic rings. The van der Waals surface area contributed by atoms with Crippen LogP contribution in [-0.4, -0.2) is 39.3 Å². The molecule has 0 bridgehead atoms. The van der Waals surface area contributed by atoms with Crippen LogP contribution < -0.4 is 10.1 Å². The van der Waals surface area contributed by atoms with E-state index in [2.05, 4.69) is 20.5 Å². The molecule has 1 atom stereocenters. The van der Waals surface area contributed by atoms with E-state index in [0.717, 1.165) is 55.8 Å². The zero-order valence-corrected chi connectivity index (χ0v) is 17.4. The molecule has 156 valence electrons. The number of aryl methyl sites for hydroxylation is 2. The molecule has 2 aromatic heterocycles. The topological polar surface area (TPSA) is 83.1 Å². The lowest BCUT2D eigenvalue weighted by Gasteiger charge is -2.30. The fourth-order valence-corrected chi connectivity index (χ4v) is 4.11. The fraction of sp³-hybridized carbons (Fsp3) is 0.591. The molecule has 2 fully saturated rings. The Morgan fingerprint density at radius 2 is 2.14 bits per heavy atom. The molecule has 1 aliphatic carbocycles. The lowest BCUT2D eigenvalue weighted by molar-refractivity contribution is 0.175. The van der Waals surface area contributed by atoms with Gasteiger partial charge in [0, 0.05) is 36.6 Å². The summed E-state index contributed by atoms with van der Waals surface area (Å²) in [7, 11) is 0. The summed E-state index contributed by atoms with van der Waals surface area (Å²) >= 11 is 0. The quantitative estimate of drug-likeness (QED) is 0.771. The molecule has 0 spiro atoms. The second-order valence-electron chi connectivity index (χ2n) is 8.32. The summed E-state index contributed by atoms with van der Waals surface area (Å²) < 4.78 is 5.76. The van der Waals surface area contributed by atoms with Crippen LogP contribution in [0.5, 0.6) is 5.88 Å². The number of nitrogens with zero attached hydrogens (tertiary/aromatic N) is 3. The number of H-pyrrole nitrogens is 1. The maximum absolute atomic E-state index is 13.1. The molecule has 2 aromatic rings. The minimum atomic E-state index is -0.0193. The van der Waals surface area contributed by atoms with E-state index in [-0.39, 0.29) is 12.1 Å². The van der Waals surface area contributed by atoms with Crippen molar-refractivity contribution in [3.8, 4) is 5.88 Å². The summed E-state index contributed by atoms with van der Waals surface area (Å²) in [6, 6.07) is 3.90. The van der Waals surface area contributed by atoms with Crippen LogP contribution in [0.1, 0.15) is 67.1 Å². The summed E-state index contributed by atoms with van der Waals surface area (Å²) in [5.41, 5.74) is 4.21. The van der Waals surface area contributed by atoms with Crippen LogP contribution in [0.15, 0.2) is 18.3 Å². The van der Waals surface area contributed by atoms with Crippen molar-refractivity contribution in [3.63, 3.8) is 0 Å². The molecule has 1 saturated heterocycles. The van der Waals surface area contributed by atoms with Crippen molar-refractivity contribution in [1.82, 2.24) is 25.4 Å². The Morgan fingerprint density at radius 1 is 1.28 bits per heavy atom. The number of nitrogens with one attached hydrogen (secondary N) is 2. The van der Waals surface area contributed by atoms with Crippen LogP contribution in [0.3, 0.4) is 0 Å². The van der Waals surface area contributed by atoms with Crippen LogP contribution in [0.4, 0.5) is 4.79 Å². The number of amides is 2. The third-order valence-corrected chi connectivity index (χ3v) is 5.94. The molecule has 2 amide bonds. The van der Waals surface area contributed by atoms with Crippen molar-refractivity contribution in [2.75, 3.05) is 13.2 Å². The first-order valence-corrected chi connectivity index (χ1v) is 10.8. The molecule has 7 heteroatoms. The number of carbonyl (C=O) groups excluding carboxylic acids is 1. The fourth-order valence-electron chi connectivity index (χ4n) is 4.11. The first-order valence-electron chi connectivity index (χ1n) is 10.8. The average molecular weight is 398 g/mol. The Bertz CT molecular complexity index is 826. The van der Waals surface area contributed by atoms with E-state index in [4.69, 9.17) is 4.74 Å². The molecule has 0 aromatic carbocycles. The maximum Gasteiger partial charge on any atom is 0.318 e. The first-order chi connectivity index (χ1) is 14.1. The third-order valence-electron chi connectivity index (χ3n) is 5.94. The van der Waals surface area contributed by atoms with Crippen molar-refractivity contribution in [1.29, 1.82) is 0 Å². The van der Waals surface area contributed by atoms with Gasteiger partial charge in [-0.3, -0.25) is 5.10 Å². The number of hydrogen-bond acceptors (Lipinski definition) is 4. The Labute approximate surface area is 172 Å². The van der Waals surface area contributed by atoms with E-state index >= 15 is 0 Å². The highest BCUT2D eigenvalue weighted by Gasteiger charge is 2.30. The molecular weight excluding hydrogens is 366 g/mol. The number of hydrogen-bond donors (Lipinski definition) is 2. The van der Waals surface area contributed by atoms with Gasteiger partial charge in [0.1, 0.15) is 0 Å². The van der Waals surface area contributed by atoms with Crippen molar-refractivity contribution in [2.24, 2.45) is 5.92 Å². The van der Waals surface area contributed by atoms with Gasteiger partial charge >= 0.3 is 6.03 Å². The minimum Gasteiger partial charge on any atom is -0.477 e. The van der Waals surface area contributed by atoms with Gasteiger partial charge in [0.05, 0.1) is 18.3 Å². The number of rotatable bonds is 6. The molecule has 0 radical (unpaired) electrons. The molecule has 1 saturated carbocycles. The molecule has 2 N–H and O–H groups in total. The summed E-state index contributed by atoms with van der Waals surface area (Å²) in [5.74, 6) is 1.33. The van der Waals surface area contributed by atoms with Gasteiger partial charge in [0.15, 0.2) is 0 Å². The van der Waals surface area contributed by atoms with Gasteiger partial charge in [-0.15, -0.1) is 0 Å². The standard InChI is InChI=1S/C22H31N5O2/c1-15-21(16(2)26-25-15)19-6-4-3-5-11-27(19)22(28)24-13-18-9-10-23-20(12-18)29-14-17-7-8-17/h9-10,12,17,19H,3-8,11,13-14H2,1-2H3,(H,24,28)(H,25,26). The van der Waals surface area contributed by atoms with Gasteiger partial charge < -0.3 is 15.0 Å². The van der Waals surface area contributed by atoms with Gasteiger partial charge in [0.25, 0.3) is 0 Å². The minimum absolute atomic E-state index is 0.0193. The largest absolute Gasteiger partial charge is 0.477 e.